The summed E-state index contributed by atoms with van der Waals surface area (Å²) < 4.78 is 56.2. The Labute approximate surface area is 215 Å². The van der Waals surface area contributed by atoms with E-state index in [-0.39, 0.29) is 46.8 Å². The molecule has 0 saturated heterocycles. The largest absolute Gasteiger partial charge is 0.494 e. The summed E-state index contributed by atoms with van der Waals surface area (Å²) in [6.45, 7) is 1.62. The van der Waals surface area contributed by atoms with Crippen LogP contribution in [0.2, 0.25) is 0 Å². The molecule has 2 fully saturated rings. The van der Waals surface area contributed by atoms with Crippen molar-refractivity contribution in [2.24, 2.45) is 5.73 Å². The van der Waals surface area contributed by atoms with E-state index in [1.54, 1.807) is 13.0 Å². The average molecular weight is 534 g/mol. The Hall–Kier alpha value is -3.87. The molecule has 0 radical (unpaired) electrons. The van der Waals surface area contributed by atoms with Crippen LogP contribution in [0.1, 0.15) is 60.6 Å². The van der Waals surface area contributed by atoms with Gasteiger partial charge in [0.05, 0.1) is 13.2 Å². The predicted molar refractivity (Wildman–Crippen MR) is 128 cm³/mol. The molecule has 2 aliphatic carbocycles. The van der Waals surface area contributed by atoms with Crippen molar-refractivity contribution in [3.63, 3.8) is 0 Å². The minimum absolute atomic E-state index is 0.00299. The van der Waals surface area contributed by atoms with Gasteiger partial charge in [-0.2, -0.15) is 13.2 Å². The normalized spacial score (nSPS) is 19.9. The molecule has 13 heteroatoms. The highest BCUT2D eigenvalue weighted by Gasteiger charge is 2.36. The third kappa shape index (κ3) is 5.23. The fourth-order valence-electron chi connectivity index (χ4n) is 4.23. The van der Waals surface area contributed by atoms with E-state index < -0.39 is 29.9 Å². The van der Waals surface area contributed by atoms with Crippen molar-refractivity contribution in [1.82, 2.24) is 20.6 Å². The van der Waals surface area contributed by atoms with Crippen LogP contribution in [0.4, 0.5) is 18.0 Å². The van der Waals surface area contributed by atoms with Crippen LogP contribution < -0.4 is 21.1 Å². The number of fused-ring (bicyclic) bond motifs is 1. The number of nitrogens with two attached hydrogens (primary N) is 1. The number of aromatic nitrogens is 2. The first kappa shape index (κ1) is 25.8. The maximum absolute atomic E-state index is 13.3. The molecule has 2 aliphatic rings. The van der Waals surface area contributed by atoms with Crippen LogP contribution >= 0.6 is 0 Å². The smallest absolute Gasteiger partial charge is 0.433 e. The predicted octanol–water partition coefficient (Wildman–Crippen LogP) is 4.09. The third-order valence-electron chi connectivity index (χ3n) is 6.45. The van der Waals surface area contributed by atoms with E-state index in [4.69, 9.17) is 19.6 Å². The summed E-state index contributed by atoms with van der Waals surface area (Å²) >= 11 is 0. The number of nitrogens with zero attached hydrogens (tertiary/aromatic N) is 2. The first-order valence-electron chi connectivity index (χ1n) is 12.1. The molecule has 0 spiro atoms. The fraction of sp³-hybridized carbons (Fsp3) is 0.440. The van der Waals surface area contributed by atoms with Crippen molar-refractivity contribution in [3.8, 4) is 17.2 Å². The van der Waals surface area contributed by atoms with Crippen LogP contribution in [-0.4, -0.2) is 47.3 Å². The van der Waals surface area contributed by atoms with E-state index >= 15 is 0 Å². The van der Waals surface area contributed by atoms with Gasteiger partial charge in [0.25, 0.3) is 5.91 Å². The van der Waals surface area contributed by atoms with Crippen LogP contribution in [0.15, 0.2) is 28.7 Å². The number of pyridine rings is 1. The van der Waals surface area contributed by atoms with Gasteiger partial charge in [-0.15, -0.1) is 0 Å². The molecule has 2 aromatic heterocycles. The van der Waals surface area contributed by atoms with Gasteiger partial charge in [-0.05, 0) is 44.0 Å². The molecule has 2 saturated carbocycles. The second-order valence-electron chi connectivity index (χ2n) is 9.51. The molecule has 3 aromatic rings. The fourth-order valence-corrected chi connectivity index (χ4v) is 4.23. The Bertz CT molecular complexity index is 1380. The van der Waals surface area contributed by atoms with Gasteiger partial charge in [0, 0.05) is 35.9 Å². The lowest BCUT2D eigenvalue weighted by Gasteiger charge is -2.34. The van der Waals surface area contributed by atoms with Crippen molar-refractivity contribution in [2.45, 2.75) is 63.0 Å². The number of benzene rings is 1. The highest BCUT2D eigenvalue weighted by atomic mass is 19.4. The van der Waals surface area contributed by atoms with Gasteiger partial charge in [-0.25, -0.2) is 14.8 Å². The number of alkyl halides is 3. The molecule has 4 N–H and O–H groups in total. The highest BCUT2D eigenvalue weighted by molar-refractivity contribution is 5.98. The Balaban J connectivity index is 1.36. The lowest BCUT2D eigenvalue weighted by molar-refractivity contribution is -0.140. The number of rotatable bonds is 7. The number of amides is 2. The van der Waals surface area contributed by atoms with E-state index in [1.807, 2.05) is 0 Å². The number of ether oxygens (including phenoxy) is 2. The highest BCUT2D eigenvalue weighted by Crippen LogP contribution is 2.37. The molecule has 1 atom stereocenters. The number of hydrogen-bond acceptors (Lipinski definition) is 8. The van der Waals surface area contributed by atoms with Crippen LogP contribution in [-0.2, 0) is 10.9 Å². The van der Waals surface area contributed by atoms with E-state index in [0.717, 1.165) is 18.9 Å². The first-order chi connectivity index (χ1) is 18.0. The summed E-state index contributed by atoms with van der Waals surface area (Å²) in [6.07, 6.45) is -2.56. The number of oxazole rings is 1. The quantitative estimate of drug-likeness (QED) is 0.412. The van der Waals surface area contributed by atoms with E-state index in [9.17, 15) is 22.8 Å². The van der Waals surface area contributed by atoms with Crippen molar-refractivity contribution in [3.05, 3.63) is 41.4 Å². The Morgan fingerprint density at radius 2 is 1.84 bits per heavy atom. The summed E-state index contributed by atoms with van der Waals surface area (Å²) in [5, 5.41) is 5.89. The lowest BCUT2D eigenvalue weighted by Crippen LogP contribution is -2.49. The van der Waals surface area contributed by atoms with Crippen molar-refractivity contribution in [1.29, 1.82) is 0 Å². The SMILES string of the molecule is COc1ccc(-c2nc(C(=O)NC3CC(OC(=O)NC4CC4)C3)c([C@H](C)N)o2)c2ccc(C(F)(F)F)nc12. The van der Waals surface area contributed by atoms with Gasteiger partial charge in [-0.1, -0.05) is 0 Å². The van der Waals surface area contributed by atoms with Gasteiger partial charge < -0.3 is 30.3 Å². The zero-order chi connectivity index (χ0) is 27.2. The number of nitrogens with one attached hydrogen (secondary N) is 2. The van der Waals surface area contributed by atoms with Gasteiger partial charge in [0.15, 0.2) is 11.5 Å². The third-order valence-corrected chi connectivity index (χ3v) is 6.45. The van der Waals surface area contributed by atoms with Crippen molar-refractivity contribution >= 4 is 22.9 Å². The summed E-state index contributed by atoms with van der Waals surface area (Å²) in [4.78, 5) is 32.9. The maximum atomic E-state index is 13.3. The van der Waals surface area contributed by atoms with Crippen molar-refractivity contribution < 1.29 is 36.7 Å². The number of carbonyl (C=O) groups is 2. The van der Waals surface area contributed by atoms with Crippen molar-refractivity contribution in [2.75, 3.05) is 7.11 Å². The molecule has 1 aromatic carbocycles. The zero-order valence-electron chi connectivity index (χ0n) is 20.6. The molecule has 5 rings (SSSR count). The second-order valence-corrected chi connectivity index (χ2v) is 9.51. The lowest BCUT2D eigenvalue weighted by atomic mass is 9.89. The molecular formula is C25H26F3N5O5. The van der Waals surface area contributed by atoms with Crippen LogP contribution in [0.5, 0.6) is 5.75 Å². The Morgan fingerprint density at radius 1 is 1.11 bits per heavy atom. The molecule has 0 bridgehead atoms. The molecular weight excluding hydrogens is 507 g/mol. The van der Waals surface area contributed by atoms with Gasteiger partial charge in [0.1, 0.15) is 23.1 Å². The number of methoxy groups -OCH3 is 1. The molecule has 38 heavy (non-hydrogen) atoms. The summed E-state index contributed by atoms with van der Waals surface area (Å²) in [6, 6.07) is 4.40. The maximum Gasteiger partial charge on any atom is 0.433 e. The average Bonchev–Trinajstić information content (AvgIpc) is 3.53. The topological polar surface area (TPSA) is 142 Å². The minimum atomic E-state index is -4.64. The summed E-state index contributed by atoms with van der Waals surface area (Å²) in [5.74, 6) is -0.256. The molecule has 2 amide bonds. The zero-order valence-corrected chi connectivity index (χ0v) is 20.6. The Morgan fingerprint density at radius 3 is 2.47 bits per heavy atom. The van der Waals surface area contributed by atoms with Gasteiger partial charge in [0.2, 0.25) is 5.89 Å². The second kappa shape index (κ2) is 9.78. The number of hydrogen-bond donors (Lipinski definition) is 3. The van der Waals surface area contributed by atoms with E-state index in [0.29, 0.717) is 23.8 Å². The summed E-state index contributed by atoms with van der Waals surface area (Å²) in [7, 11) is 1.33. The van der Waals surface area contributed by atoms with Crippen LogP contribution in [0.25, 0.3) is 22.4 Å². The number of carbonyl (C=O) groups excluding carboxylic acids is 2. The standard InChI is InChI=1S/C25H26F3N5O5/c1-11(29)21-20(22(34)30-13-9-14(10-13)37-24(35)31-12-3-4-12)33-23(38-21)16-5-7-17(36-2)19-15(16)6-8-18(32-19)25(26,27)28/h5-8,11-14H,3-4,9-10,29H2,1-2H3,(H,30,34)(H,31,35)/t11-,13?,14?/m0/s1. The molecule has 10 nitrogen and oxygen atoms in total. The molecule has 0 unspecified atom stereocenters. The van der Waals surface area contributed by atoms with Gasteiger partial charge in [-0.3, -0.25) is 4.79 Å². The first-order valence-corrected chi connectivity index (χ1v) is 12.1. The Kier molecular flexibility index (Phi) is 6.63. The summed E-state index contributed by atoms with van der Waals surface area (Å²) in [5.41, 5.74) is 5.22. The van der Waals surface area contributed by atoms with E-state index in [1.165, 1.54) is 19.2 Å². The number of halogens is 3. The molecule has 202 valence electrons. The number of alkyl carbamates (subject to hydrolysis) is 1. The monoisotopic (exact) mass is 533 g/mol. The molecule has 2 heterocycles. The van der Waals surface area contributed by atoms with Crippen LogP contribution in [0, 0.1) is 0 Å². The van der Waals surface area contributed by atoms with Gasteiger partial charge >= 0.3 is 12.3 Å². The van der Waals surface area contributed by atoms with E-state index in [2.05, 4.69) is 20.6 Å². The minimum Gasteiger partial charge on any atom is -0.494 e. The van der Waals surface area contributed by atoms with Crippen LogP contribution in [0.3, 0.4) is 0 Å². The molecule has 0 aliphatic heterocycles.